The summed E-state index contributed by atoms with van der Waals surface area (Å²) >= 11 is 6.88. The number of piperidine rings is 1. The van der Waals surface area contributed by atoms with E-state index in [-0.39, 0.29) is 35.0 Å². The quantitative estimate of drug-likeness (QED) is 0.743. The number of likely N-dealkylation sites (tertiary alicyclic amines) is 1. The van der Waals surface area contributed by atoms with Crippen LogP contribution in [-0.4, -0.2) is 73.6 Å². The number of piperazine rings is 1. The van der Waals surface area contributed by atoms with Gasteiger partial charge in [-0.05, 0) is 25.0 Å². The van der Waals surface area contributed by atoms with E-state index >= 15 is 0 Å². The van der Waals surface area contributed by atoms with E-state index in [1.165, 1.54) is 17.3 Å². The molecule has 0 spiro atoms. The van der Waals surface area contributed by atoms with Crippen molar-refractivity contribution in [1.82, 2.24) is 14.1 Å². The Kier molecular flexibility index (Phi) is 5.91. The molecule has 0 unspecified atom stereocenters. The summed E-state index contributed by atoms with van der Waals surface area (Å²) in [4.78, 5) is 27.7. The predicted molar refractivity (Wildman–Crippen MR) is 99.6 cm³/mol. The van der Waals surface area contributed by atoms with Crippen molar-refractivity contribution in [2.45, 2.75) is 24.0 Å². The third kappa shape index (κ3) is 4.05. The maximum atomic E-state index is 12.8. The fraction of sp³-hybridized carbons (Fsp3) is 0.625. The highest BCUT2D eigenvalue weighted by molar-refractivity contribution is 7.91. The van der Waals surface area contributed by atoms with Crippen LogP contribution in [0.15, 0.2) is 16.3 Å². The van der Waals surface area contributed by atoms with Gasteiger partial charge in [0.15, 0.2) is 0 Å². The number of rotatable bonds is 3. The molecule has 1 atom stereocenters. The van der Waals surface area contributed by atoms with Crippen LogP contribution in [0.2, 0.25) is 4.34 Å². The summed E-state index contributed by atoms with van der Waals surface area (Å²) in [6.07, 6.45) is 1.60. The Hall–Kier alpha value is -1.16. The van der Waals surface area contributed by atoms with Crippen LogP contribution in [0.25, 0.3) is 0 Å². The van der Waals surface area contributed by atoms with Crippen molar-refractivity contribution in [2.24, 2.45) is 5.92 Å². The van der Waals surface area contributed by atoms with Crippen molar-refractivity contribution in [3.8, 4) is 0 Å². The third-order valence-electron chi connectivity index (χ3n) is 4.91. The zero-order valence-corrected chi connectivity index (χ0v) is 16.9. The molecule has 1 aromatic rings. The van der Waals surface area contributed by atoms with Gasteiger partial charge in [-0.3, -0.25) is 9.59 Å². The molecule has 0 saturated carbocycles. The molecule has 2 aliphatic rings. The van der Waals surface area contributed by atoms with E-state index in [1.54, 1.807) is 15.9 Å². The molecule has 0 N–H and O–H groups in total. The highest BCUT2D eigenvalue weighted by Crippen LogP contribution is 2.29. The molecule has 2 fully saturated rings. The second-order valence-electron chi connectivity index (χ2n) is 6.59. The van der Waals surface area contributed by atoms with E-state index in [0.717, 1.165) is 24.2 Å². The standard InChI is InChI=1S/C16H22ClN3O4S2/c1-12(21)19-6-2-3-13(11-19)16(22)18-7-9-20(10-8-18)26(23,24)15-5-4-14(17)25-15/h4-5,13H,2-3,6-11H2,1H3/t13-/m0/s1. The molecule has 3 heterocycles. The Bertz CT molecular complexity index is 787. The summed E-state index contributed by atoms with van der Waals surface area (Å²) in [5.74, 6) is -0.174. The number of sulfonamides is 1. The lowest BCUT2D eigenvalue weighted by atomic mass is 9.96. The molecular weight excluding hydrogens is 398 g/mol. The Morgan fingerprint density at radius 3 is 2.38 bits per heavy atom. The number of halogens is 1. The van der Waals surface area contributed by atoms with Gasteiger partial charge in [-0.25, -0.2) is 8.42 Å². The Balaban J connectivity index is 1.59. The second kappa shape index (κ2) is 7.84. The summed E-state index contributed by atoms with van der Waals surface area (Å²) in [5.41, 5.74) is 0. The minimum Gasteiger partial charge on any atom is -0.342 e. The Morgan fingerprint density at radius 1 is 1.12 bits per heavy atom. The number of carbonyl (C=O) groups is 2. The smallest absolute Gasteiger partial charge is 0.252 e. The largest absolute Gasteiger partial charge is 0.342 e. The van der Waals surface area contributed by atoms with Crippen LogP contribution < -0.4 is 0 Å². The van der Waals surface area contributed by atoms with Gasteiger partial charge in [-0.2, -0.15) is 4.31 Å². The highest BCUT2D eigenvalue weighted by Gasteiger charge is 2.35. The molecule has 2 aliphatic heterocycles. The first-order chi connectivity index (χ1) is 12.3. The van der Waals surface area contributed by atoms with Gasteiger partial charge in [0.05, 0.1) is 10.3 Å². The molecule has 26 heavy (non-hydrogen) atoms. The monoisotopic (exact) mass is 419 g/mol. The lowest BCUT2D eigenvalue weighted by Gasteiger charge is -2.38. The Labute approximate surface area is 162 Å². The molecule has 1 aromatic heterocycles. The van der Waals surface area contributed by atoms with Crippen LogP contribution in [0, 0.1) is 5.92 Å². The van der Waals surface area contributed by atoms with E-state index in [1.807, 2.05) is 0 Å². The molecule has 0 aliphatic carbocycles. The van der Waals surface area contributed by atoms with E-state index in [2.05, 4.69) is 0 Å². The molecule has 2 amide bonds. The van der Waals surface area contributed by atoms with Gasteiger partial charge in [0, 0.05) is 46.2 Å². The van der Waals surface area contributed by atoms with Gasteiger partial charge in [-0.15, -0.1) is 11.3 Å². The van der Waals surface area contributed by atoms with Gasteiger partial charge < -0.3 is 9.80 Å². The van der Waals surface area contributed by atoms with E-state index < -0.39 is 10.0 Å². The zero-order chi connectivity index (χ0) is 18.9. The minimum atomic E-state index is -3.56. The summed E-state index contributed by atoms with van der Waals surface area (Å²) in [6, 6.07) is 3.08. The third-order valence-corrected chi connectivity index (χ3v) is 8.51. The van der Waals surface area contributed by atoms with Gasteiger partial charge in [0.2, 0.25) is 11.8 Å². The molecule has 0 radical (unpaired) electrons. The minimum absolute atomic E-state index is 0.00646. The van der Waals surface area contributed by atoms with Crippen molar-refractivity contribution < 1.29 is 18.0 Å². The highest BCUT2D eigenvalue weighted by atomic mass is 35.5. The maximum Gasteiger partial charge on any atom is 0.252 e. The summed E-state index contributed by atoms with van der Waals surface area (Å²) in [7, 11) is -3.56. The van der Waals surface area contributed by atoms with Gasteiger partial charge in [0.25, 0.3) is 10.0 Å². The fourth-order valence-corrected chi connectivity index (χ4v) is 6.49. The number of nitrogens with zero attached hydrogens (tertiary/aromatic N) is 3. The SMILES string of the molecule is CC(=O)N1CCC[C@H](C(=O)N2CCN(S(=O)(=O)c3ccc(Cl)s3)CC2)C1. The number of hydrogen-bond donors (Lipinski definition) is 0. The van der Waals surface area contributed by atoms with Crippen molar-refractivity contribution in [1.29, 1.82) is 0 Å². The molecule has 144 valence electrons. The lowest BCUT2D eigenvalue weighted by Crippen LogP contribution is -2.53. The normalized spacial score (nSPS) is 22.5. The Morgan fingerprint density at radius 2 is 1.81 bits per heavy atom. The van der Waals surface area contributed by atoms with Crippen LogP contribution in [0.5, 0.6) is 0 Å². The van der Waals surface area contributed by atoms with Gasteiger partial charge in [0.1, 0.15) is 4.21 Å². The summed E-state index contributed by atoms with van der Waals surface area (Å²) in [6.45, 7) is 3.96. The first kappa shape index (κ1) is 19.6. The number of amides is 2. The van der Waals surface area contributed by atoms with Crippen molar-refractivity contribution in [2.75, 3.05) is 39.3 Å². The first-order valence-corrected chi connectivity index (χ1v) is 11.2. The maximum absolute atomic E-state index is 12.8. The number of hydrogen-bond acceptors (Lipinski definition) is 5. The fourth-order valence-electron chi connectivity index (χ4n) is 3.44. The van der Waals surface area contributed by atoms with Crippen molar-refractivity contribution in [3.05, 3.63) is 16.5 Å². The van der Waals surface area contributed by atoms with Crippen molar-refractivity contribution in [3.63, 3.8) is 0 Å². The van der Waals surface area contributed by atoms with E-state index in [9.17, 15) is 18.0 Å². The average molecular weight is 420 g/mol. The van der Waals surface area contributed by atoms with Crippen LogP contribution in [0.1, 0.15) is 19.8 Å². The molecule has 3 rings (SSSR count). The average Bonchev–Trinajstić information content (AvgIpc) is 3.08. The number of carbonyl (C=O) groups excluding carboxylic acids is 2. The van der Waals surface area contributed by atoms with Crippen LogP contribution >= 0.6 is 22.9 Å². The van der Waals surface area contributed by atoms with Gasteiger partial charge >= 0.3 is 0 Å². The molecule has 7 nitrogen and oxygen atoms in total. The first-order valence-electron chi connectivity index (χ1n) is 8.59. The van der Waals surface area contributed by atoms with E-state index in [4.69, 9.17) is 11.6 Å². The van der Waals surface area contributed by atoms with E-state index in [0.29, 0.717) is 30.5 Å². The van der Waals surface area contributed by atoms with Crippen LogP contribution in [0.4, 0.5) is 0 Å². The van der Waals surface area contributed by atoms with Crippen LogP contribution in [-0.2, 0) is 19.6 Å². The molecule has 2 saturated heterocycles. The van der Waals surface area contributed by atoms with Crippen LogP contribution in [0.3, 0.4) is 0 Å². The van der Waals surface area contributed by atoms with Crippen molar-refractivity contribution >= 4 is 44.8 Å². The second-order valence-corrected chi connectivity index (χ2v) is 10.5. The molecule has 10 heteroatoms. The predicted octanol–water partition coefficient (Wildman–Crippen LogP) is 1.49. The summed E-state index contributed by atoms with van der Waals surface area (Å²) < 4.78 is 27.3. The lowest BCUT2D eigenvalue weighted by molar-refractivity contribution is -0.141. The molecule has 0 bridgehead atoms. The van der Waals surface area contributed by atoms with Gasteiger partial charge in [-0.1, -0.05) is 11.6 Å². The number of thiophene rings is 1. The zero-order valence-electron chi connectivity index (χ0n) is 14.6. The molecular formula is C16H22ClN3O4S2. The summed E-state index contributed by atoms with van der Waals surface area (Å²) in [5, 5.41) is 0. The topological polar surface area (TPSA) is 78.0 Å². The molecule has 0 aromatic carbocycles.